The highest BCUT2D eigenvalue weighted by Crippen LogP contribution is 2.13. The van der Waals surface area contributed by atoms with Gasteiger partial charge in [-0.25, -0.2) is 4.98 Å². The molecule has 2 heterocycles. The minimum atomic E-state index is -0.190. The predicted molar refractivity (Wildman–Crippen MR) is 76.2 cm³/mol. The van der Waals surface area contributed by atoms with E-state index in [2.05, 4.69) is 20.5 Å². The second-order valence-electron chi connectivity index (χ2n) is 4.62. The summed E-state index contributed by atoms with van der Waals surface area (Å²) in [5.41, 5.74) is 2.16. The Morgan fingerprint density at radius 1 is 1.25 bits per heavy atom. The van der Waals surface area contributed by atoms with Crippen LogP contribution in [0.25, 0.3) is 10.9 Å². The molecule has 1 atom stereocenters. The normalized spacial score (nSPS) is 12.2. The molecule has 0 aliphatic rings. The number of aromatic nitrogens is 3. The first-order valence-corrected chi connectivity index (χ1v) is 6.39. The minimum Gasteiger partial charge on any atom is -0.344 e. The number of carbonyl (C=O) groups excluding carboxylic acids is 1. The Hall–Kier alpha value is -2.69. The van der Waals surface area contributed by atoms with E-state index >= 15 is 0 Å². The fourth-order valence-corrected chi connectivity index (χ4v) is 2.04. The second kappa shape index (κ2) is 5.13. The maximum atomic E-state index is 12.2. The van der Waals surface area contributed by atoms with Crippen LogP contribution in [0.3, 0.4) is 0 Å². The standard InChI is InChI=1S/C15H14N4O/c1-10(12-8-16-17-9-12)18-15(20)14-7-6-11-4-2-3-5-13(11)19-14/h2-10H,1H3,(H,16,17)(H,18,20). The average Bonchev–Trinajstić information content (AvgIpc) is 3.01. The molecule has 2 aromatic heterocycles. The van der Waals surface area contributed by atoms with Crippen molar-refractivity contribution in [1.82, 2.24) is 20.5 Å². The molecule has 5 nitrogen and oxygen atoms in total. The first kappa shape index (κ1) is 12.3. The summed E-state index contributed by atoms with van der Waals surface area (Å²) in [4.78, 5) is 16.6. The summed E-state index contributed by atoms with van der Waals surface area (Å²) in [6, 6.07) is 11.2. The van der Waals surface area contributed by atoms with Crippen LogP contribution >= 0.6 is 0 Å². The molecule has 20 heavy (non-hydrogen) atoms. The van der Waals surface area contributed by atoms with Crippen molar-refractivity contribution in [3.63, 3.8) is 0 Å². The molecule has 3 aromatic rings. The maximum Gasteiger partial charge on any atom is 0.270 e. The first-order chi connectivity index (χ1) is 9.74. The van der Waals surface area contributed by atoms with Crippen LogP contribution in [0.5, 0.6) is 0 Å². The number of H-pyrrole nitrogens is 1. The van der Waals surface area contributed by atoms with E-state index in [0.717, 1.165) is 16.5 Å². The van der Waals surface area contributed by atoms with Gasteiger partial charge < -0.3 is 5.32 Å². The zero-order valence-corrected chi connectivity index (χ0v) is 11.0. The lowest BCUT2D eigenvalue weighted by molar-refractivity contribution is 0.0935. The number of rotatable bonds is 3. The molecule has 0 radical (unpaired) electrons. The number of fused-ring (bicyclic) bond motifs is 1. The zero-order valence-electron chi connectivity index (χ0n) is 11.0. The Morgan fingerprint density at radius 3 is 2.90 bits per heavy atom. The molecule has 2 N–H and O–H groups in total. The summed E-state index contributed by atoms with van der Waals surface area (Å²) in [5.74, 6) is -0.190. The molecule has 1 aromatic carbocycles. The van der Waals surface area contributed by atoms with Gasteiger partial charge in [0.2, 0.25) is 0 Å². The molecule has 5 heteroatoms. The molecule has 0 spiro atoms. The molecule has 0 bridgehead atoms. The van der Waals surface area contributed by atoms with Crippen LogP contribution < -0.4 is 5.32 Å². The highest BCUT2D eigenvalue weighted by Gasteiger charge is 2.13. The van der Waals surface area contributed by atoms with Gasteiger partial charge in [-0.05, 0) is 19.1 Å². The molecule has 100 valence electrons. The van der Waals surface area contributed by atoms with E-state index in [4.69, 9.17) is 0 Å². The molecule has 0 aliphatic carbocycles. The van der Waals surface area contributed by atoms with Crippen LogP contribution in [0.4, 0.5) is 0 Å². The van der Waals surface area contributed by atoms with Gasteiger partial charge in [-0.2, -0.15) is 5.10 Å². The largest absolute Gasteiger partial charge is 0.344 e. The van der Waals surface area contributed by atoms with Crippen molar-refractivity contribution in [2.45, 2.75) is 13.0 Å². The third-order valence-electron chi connectivity index (χ3n) is 3.20. The molecule has 1 unspecified atom stereocenters. The predicted octanol–water partition coefficient (Wildman–Crippen LogP) is 2.45. The summed E-state index contributed by atoms with van der Waals surface area (Å²) in [7, 11) is 0. The molecule has 0 aliphatic heterocycles. The van der Waals surface area contributed by atoms with E-state index in [-0.39, 0.29) is 11.9 Å². The smallest absolute Gasteiger partial charge is 0.270 e. The molecular weight excluding hydrogens is 252 g/mol. The van der Waals surface area contributed by atoms with Gasteiger partial charge >= 0.3 is 0 Å². The number of carbonyl (C=O) groups is 1. The Bertz CT molecular complexity index is 736. The van der Waals surface area contributed by atoms with Crippen LogP contribution in [-0.4, -0.2) is 21.1 Å². The fourth-order valence-electron chi connectivity index (χ4n) is 2.04. The van der Waals surface area contributed by atoms with E-state index in [9.17, 15) is 4.79 Å². The summed E-state index contributed by atoms with van der Waals surface area (Å²) >= 11 is 0. The van der Waals surface area contributed by atoms with Crippen molar-refractivity contribution in [3.05, 3.63) is 60.0 Å². The summed E-state index contributed by atoms with van der Waals surface area (Å²) in [6.07, 6.45) is 3.46. The van der Waals surface area contributed by atoms with Gasteiger partial charge in [0.25, 0.3) is 5.91 Å². The number of para-hydroxylation sites is 1. The van der Waals surface area contributed by atoms with Gasteiger partial charge in [-0.15, -0.1) is 0 Å². The molecule has 0 saturated heterocycles. The monoisotopic (exact) mass is 266 g/mol. The number of benzene rings is 1. The maximum absolute atomic E-state index is 12.2. The third kappa shape index (κ3) is 2.38. The minimum absolute atomic E-state index is 0.116. The Labute approximate surface area is 116 Å². The highest BCUT2D eigenvalue weighted by atomic mass is 16.1. The Morgan fingerprint density at radius 2 is 2.10 bits per heavy atom. The van der Waals surface area contributed by atoms with Crippen molar-refractivity contribution in [1.29, 1.82) is 0 Å². The van der Waals surface area contributed by atoms with Crippen LogP contribution in [0, 0.1) is 0 Å². The number of aromatic amines is 1. The Balaban J connectivity index is 1.82. The van der Waals surface area contributed by atoms with Crippen molar-refractivity contribution in [3.8, 4) is 0 Å². The number of hydrogen-bond acceptors (Lipinski definition) is 3. The number of nitrogens with zero attached hydrogens (tertiary/aromatic N) is 2. The highest BCUT2D eigenvalue weighted by molar-refractivity contribution is 5.95. The molecule has 3 rings (SSSR count). The van der Waals surface area contributed by atoms with Gasteiger partial charge in [0.05, 0.1) is 17.8 Å². The lowest BCUT2D eigenvalue weighted by Crippen LogP contribution is -2.27. The second-order valence-corrected chi connectivity index (χ2v) is 4.62. The number of amides is 1. The van der Waals surface area contributed by atoms with Crippen molar-refractivity contribution in [2.75, 3.05) is 0 Å². The molecule has 0 fully saturated rings. The lowest BCUT2D eigenvalue weighted by atomic mass is 10.1. The van der Waals surface area contributed by atoms with Gasteiger partial charge in [-0.1, -0.05) is 24.3 Å². The number of pyridine rings is 1. The lowest BCUT2D eigenvalue weighted by Gasteiger charge is -2.11. The summed E-state index contributed by atoms with van der Waals surface area (Å²) < 4.78 is 0. The van der Waals surface area contributed by atoms with Crippen LogP contribution in [-0.2, 0) is 0 Å². The van der Waals surface area contributed by atoms with Crippen LogP contribution in [0.1, 0.15) is 29.0 Å². The third-order valence-corrected chi connectivity index (χ3v) is 3.20. The van der Waals surface area contributed by atoms with Crippen molar-refractivity contribution in [2.24, 2.45) is 0 Å². The van der Waals surface area contributed by atoms with Gasteiger partial charge in [0.1, 0.15) is 5.69 Å². The molecule has 1 amide bonds. The van der Waals surface area contributed by atoms with E-state index in [0.29, 0.717) is 5.69 Å². The molecule has 0 saturated carbocycles. The van der Waals surface area contributed by atoms with Crippen LogP contribution in [0.15, 0.2) is 48.8 Å². The van der Waals surface area contributed by atoms with E-state index < -0.39 is 0 Å². The number of nitrogens with one attached hydrogen (secondary N) is 2. The van der Waals surface area contributed by atoms with Crippen molar-refractivity contribution < 1.29 is 4.79 Å². The fraction of sp³-hybridized carbons (Fsp3) is 0.133. The zero-order chi connectivity index (χ0) is 13.9. The van der Waals surface area contributed by atoms with Gasteiger partial charge in [-0.3, -0.25) is 9.89 Å². The van der Waals surface area contributed by atoms with E-state index in [1.807, 2.05) is 37.3 Å². The summed E-state index contributed by atoms with van der Waals surface area (Å²) in [6.45, 7) is 1.91. The SMILES string of the molecule is CC(NC(=O)c1ccc2ccccc2n1)c1cn[nH]c1. The first-order valence-electron chi connectivity index (χ1n) is 6.39. The Kier molecular flexibility index (Phi) is 3.16. The van der Waals surface area contributed by atoms with E-state index in [1.165, 1.54) is 0 Å². The summed E-state index contributed by atoms with van der Waals surface area (Å²) in [5, 5.41) is 10.5. The van der Waals surface area contributed by atoms with Gasteiger partial charge in [0, 0.05) is 17.1 Å². The molecular formula is C15H14N4O. The topological polar surface area (TPSA) is 70.7 Å². The average molecular weight is 266 g/mol. The van der Waals surface area contributed by atoms with Crippen LogP contribution in [0.2, 0.25) is 0 Å². The number of hydrogen-bond donors (Lipinski definition) is 2. The van der Waals surface area contributed by atoms with Crippen molar-refractivity contribution >= 4 is 16.8 Å². The van der Waals surface area contributed by atoms with E-state index in [1.54, 1.807) is 18.5 Å². The quantitative estimate of drug-likeness (QED) is 0.765. The van der Waals surface area contributed by atoms with Gasteiger partial charge in [0.15, 0.2) is 0 Å².